The Labute approximate surface area is 115 Å². The first-order valence-corrected chi connectivity index (χ1v) is 6.45. The van der Waals surface area contributed by atoms with Gasteiger partial charge >= 0.3 is 0 Å². The number of rotatable bonds is 2. The largest absolute Gasteiger partial charge is 0.379 e. The number of hydrogen-bond donors (Lipinski definition) is 1. The molecular weight excluding hydrogens is 280 g/mol. The van der Waals surface area contributed by atoms with E-state index in [1.54, 1.807) is 17.5 Å². The molecule has 9 heteroatoms. The highest BCUT2D eigenvalue weighted by Crippen LogP contribution is 2.26. The Bertz CT molecular complexity index is 895. The summed E-state index contributed by atoms with van der Waals surface area (Å²) < 4.78 is 10.7. The summed E-state index contributed by atoms with van der Waals surface area (Å²) in [5, 5.41) is 12.9. The van der Waals surface area contributed by atoms with Gasteiger partial charge in [-0.05, 0) is 27.8 Å². The quantitative estimate of drug-likeness (QED) is 0.594. The molecule has 0 aliphatic rings. The molecule has 98 valence electrons. The van der Waals surface area contributed by atoms with Crippen LogP contribution in [-0.2, 0) is 0 Å². The summed E-state index contributed by atoms with van der Waals surface area (Å²) in [5.74, 6) is 0.669. The molecule has 4 rings (SSSR count). The number of anilines is 1. The van der Waals surface area contributed by atoms with E-state index in [-0.39, 0.29) is 17.4 Å². The third kappa shape index (κ3) is 1.64. The van der Waals surface area contributed by atoms with Crippen LogP contribution in [0.25, 0.3) is 33.2 Å². The van der Waals surface area contributed by atoms with Crippen LogP contribution in [0.4, 0.5) is 5.82 Å². The van der Waals surface area contributed by atoms with Crippen molar-refractivity contribution in [3.63, 3.8) is 0 Å². The van der Waals surface area contributed by atoms with Gasteiger partial charge in [0.2, 0.25) is 17.3 Å². The van der Waals surface area contributed by atoms with Crippen LogP contribution >= 0.6 is 11.3 Å². The van der Waals surface area contributed by atoms with E-state index in [1.807, 2.05) is 17.5 Å². The van der Waals surface area contributed by atoms with Gasteiger partial charge in [-0.15, -0.1) is 11.3 Å². The molecule has 0 bridgehead atoms. The summed E-state index contributed by atoms with van der Waals surface area (Å²) in [6.45, 7) is 0. The second-order valence-electron chi connectivity index (χ2n) is 3.95. The van der Waals surface area contributed by atoms with Crippen molar-refractivity contribution in [1.29, 1.82) is 0 Å². The number of fused-ring (bicyclic) bond motifs is 1. The third-order valence-electron chi connectivity index (χ3n) is 2.70. The fraction of sp³-hybridized carbons (Fsp3) is 0. The van der Waals surface area contributed by atoms with Gasteiger partial charge in [0.25, 0.3) is 5.89 Å². The number of nitrogens with zero attached hydrogens (tertiary/aromatic N) is 5. The molecule has 0 unspecified atom stereocenters. The smallest absolute Gasteiger partial charge is 0.284 e. The second-order valence-corrected chi connectivity index (χ2v) is 4.90. The summed E-state index contributed by atoms with van der Waals surface area (Å²) in [7, 11) is 0. The highest BCUT2D eigenvalue weighted by molar-refractivity contribution is 7.17. The fourth-order valence-electron chi connectivity index (χ4n) is 1.75. The summed E-state index contributed by atoms with van der Waals surface area (Å²) in [6.07, 6.45) is 1.69. The lowest BCUT2D eigenvalue weighted by molar-refractivity contribution is 0.308. The van der Waals surface area contributed by atoms with E-state index in [9.17, 15) is 0 Å². The highest BCUT2D eigenvalue weighted by Gasteiger charge is 2.18. The number of aromatic nitrogens is 5. The summed E-state index contributed by atoms with van der Waals surface area (Å²) in [4.78, 5) is 8.54. The fourth-order valence-corrected chi connectivity index (χ4v) is 2.53. The molecule has 20 heavy (non-hydrogen) atoms. The van der Waals surface area contributed by atoms with Crippen LogP contribution in [0.2, 0.25) is 0 Å². The first-order valence-electron chi connectivity index (χ1n) is 5.57. The van der Waals surface area contributed by atoms with Crippen LogP contribution in [0, 0.1) is 0 Å². The van der Waals surface area contributed by atoms with Crippen molar-refractivity contribution in [2.24, 2.45) is 0 Å². The maximum absolute atomic E-state index is 5.58. The topological polar surface area (TPSA) is 117 Å². The highest BCUT2D eigenvalue weighted by atomic mass is 32.1. The van der Waals surface area contributed by atoms with Crippen molar-refractivity contribution in [2.75, 3.05) is 5.73 Å². The monoisotopic (exact) mass is 286 g/mol. The maximum Gasteiger partial charge on any atom is 0.284 e. The van der Waals surface area contributed by atoms with Crippen LogP contribution in [-0.4, -0.2) is 25.4 Å². The standard InChI is InChI=1S/C11H6N6O2S/c12-9-8(15-19-16-9)11-14-10(17-18-11)5-3-7-6(13-4-5)1-2-20-7/h1-4H,(H2,12,16). The molecule has 4 aromatic heterocycles. The van der Waals surface area contributed by atoms with E-state index < -0.39 is 0 Å². The second kappa shape index (κ2) is 4.10. The Morgan fingerprint density at radius 3 is 3.00 bits per heavy atom. The predicted octanol–water partition coefficient (Wildman–Crippen LogP) is 1.98. The molecule has 0 aliphatic heterocycles. The number of hydrogen-bond acceptors (Lipinski definition) is 9. The molecule has 0 saturated carbocycles. The molecule has 4 heterocycles. The molecule has 0 spiro atoms. The van der Waals surface area contributed by atoms with Gasteiger partial charge in [-0.3, -0.25) is 4.98 Å². The van der Waals surface area contributed by atoms with Gasteiger partial charge in [0.1, 0.15) is 0 Å². The zero-order valence-electron chi connectivity index (χ0n) is 9.85. The minimum Gasteiger partial charge on any atom is -0.379 e. The average Bonchev–Trinajstić information content (AvgIpc) is 3.17. The number of thiophene rings is 1. The zero-order valence-corrected chi connectivity index (χ0v) is 10.7. The first-order chi connectivity index (χ1) is 9.81. The molecule has 0 aromatic carbocycles. The third-order valence-corrected chi connectivity index (χ3v) is 3.56. The van der Waals surface area contributed by atoms with E-state index in [0.717, 1.165) is 15.8 Å². The van der Waals surface area contributed by atoms with Gasteiger partial charge in [-0.2, -0.15) is 4.98 Å². The van der Waals surface area contributed by atoms with E-state index >= 15 is 0 Å². The van der Waals surface area contributed by atoms with Crippen LogP contribution in [0.5, 0.6) is 0 Å². The van der Waals surface area contributed by atoms with Crippen LogP contribution in [0.1, 0.15) is 0 Å². The van der Waals surface area contributed by atoms with Crippen molar-refractivity contribution >= 4 is 27.4 Å². The van der Waals surface area contributed by atoms with Crippen molar-refractivity contribution < 1.29 is 9.15 Å². The Hall–Kier alpha value is -2.81. The van der Waals surface area contributed by atoms with Gasteiger partial charge in [0, 0.05) is 11.8 Å². The normalized spacial score (nSPS) is 11.2. The van der Waals surface area contributed by atoms with Gasteiger partial charge in [0.05, 0.1) is 10.2 Å². The summed E-state index contributed by atoms with van der Waals surface area (Å²) in [6, 6.07) is 3.90. The van der Waals surface area contributed by atoms with Gasteiger partial charge in [-0.1, -0.05) is 5.16 Å². The van der Waals surface area contributed by atoms with Crippen LogP contribution < -0.4 is 5.73 Å². The zero-order chi connectivity index (χ0) is 13.5. The van der Waals surface area contributed by atoms with Crippen LogP contribution in [0.3, 0.4) is 0 Å². The maximum atomic E-state index is 5.58. The minimum atomic E-state index is 0.104. The van der Waals surface area contributed by atoms with Gasteiger partial charge in [-0.25, -0.2) is 4.63 Å². The Morgan fingerprint density at radius 2 is 2.15 bits per heavy atom. The molecule has 2 N–H and O–H groups in total. The number of nitrogen functional groups attached to an aromatic ring is 1. The minimum absolute atomic E-state index is 0.104. The lowest BCUT2D eigenvalue weighted by Gasteiger charge is -1.93. The molecular formula is C11H6N6O2S. The van der Waals surface area contributed by atoms with Gasteiger partial charge in [0.15, 0.2) is 0 Å². The SMILES string of the molecule is Nc1nonc1-c1nc(-c2cnc3ccsc3c2)no1. The van der Waals surface area contributed by atoms with E-state index in [1.165, 1.54) is 0 Å². The molecule has 0 fully saturated rings. The molecule has 4 aromatic rings. The Kier molecular flexibility index (Phi) is 2.27. The summed E-state index contributed by atoms with van der Waals surface area (Å²) in [5.41, 5.74) is 7.50. The molecule has 0 amide bonds. The molecule has 0 saturated heterocycles. The number of nitrogens with two attached hydrogens (primary N) is 1. The van der Waals surface area contributed by atoms with Gasteiger partial charge < -0.3 is 10.3 Å². The van der Waals surface area contributed by atoms with E-state index in [4.69, 9.17) is 10.3 Å². The molecule has 0 atom stereocenters. The lowest BCUT2D eigenvalue weighted by atomic mass is 10.2. The van der Waals surface area contributed by atoms with Crippen molar-refractivity contribution in [2.45, 2.75) is 0 Å². The average molecular weight is 286 g/mol. The first kappa shape index (κ1) is 11.1. The lowest BCUT2D eigenvalue weighted by Crippen LogP contribution is -1.88. The van der Waals surface area contributed by atoms with Crippen molar-refractivity contribution in [1.82, 2.24) is 25.4 Å². The van der Waals surface area contributed by atoms with Crippen molar-refractivity contribution in [3.05, 3.63) is 23.7 Å². The number of pyridine rings is 1. The van der Waals surface area contributed by atoms with Crippen molar-refractivity contribution in [3.8, 4) is 23.0 Å². The molecule has 8 nitrogen and oxygen atoms in total. The predicted molar refractivity (Wildman–Crippen MR) is 70.6 cm³/mol. The van der Waals surface area contributed by atoms with E-state index in [0.29, 0.717) is 5.82 Å². The summed E-state index contributed by atoms with van der Waals surface area (Å²) >= 11 is 1.60. The Morgan fingerprint density at radius 1 is 1.20 bits per heavy atom. The molecule has 0 radical (unpaired) electrons. The Balaban J connectivity index is 1.79. The molecule has 0 aliphatic carbocycles. The van der Waals surface area contributed by atoms with E-state index in [2.05, 4.69) is 30.1 Å². The van der Waals surface area contributed by atoms with Crippen LogP contribution in [0.15, 0.2) is 32.9 Å².